The van der Waals surface area contributed by atoms with E-state index in [1.165, 1.54) is 18.4 Å². The molecule has 0 amide bonds. The van der Waals surface area contributed by atoms with E-state index in [4.69, 9.17) is 4.74 Å². The molecule has 0 heterocycles. The first kappa shape index (κ1) is 11.9. The first-order valence-electron chi connectivity index (χ1n) is 6.96. The summed E-state index contributed by atoms with van der Waals surface area (Å²) >= 11 is 0. The lowest BCUT2D eigenvalue weighted by Crippen LogP contribution is -2.53. The molecule has 2 heteroatoms. The van der Waals surface area contributed by atoms with Crippen LogP contribution in [0.25, 0.3) is 0 Å². The summed E-state index contributed by atoms with van der Waals surface area (Å²) in [5.41, 5.74) is 1.09. The van der Waals surface area contributed by atoms with Gasteiger partial charge in [0, 0.05) is 6.42 Å². The second kappa shape index (κ2) is 4.51. The molecule has 3 rings (SSSR count). The highest BCUT2D eigenvalue weighted by Gasteiger charge is 2.56. The van der Waals surface area contributed by atoms with Crippen LogP contribution in [0, 0.1) is 5.41 Å². The Morgan fingerprint density at radius 2 is 1.89 bits per heavy atom. The highest BCUT2D eigenvalue weighted by atomic mass is 16.5. The second-order valence-corrected chi connectivity index (χ2v) is 5.67. The van der Waals surface area contributed by atoms with Crippen LogP contribution in [0.5, 0.6) is 0 Å². The Hall–Kier alpha value is -1.15. The fourth-order valence-electron chi connectivity index (χ4n) is 3.45. The summed E-state index contributed by atoms with van der Waals surface area (Å²) in [6, 6.07) is 10.3. The summed E-state index contributed by atoms with van der Waals surface area (Å²) in [6.07, 6.45) is 5.31. The molecule has 1 aromatic rings. The van der Waals surface area contributed by atoms with Gasteiger partial charge < -0.3 is 4.74 Å². The van der Waals surface area contributed by atoms with Crippen molar-refractivity contribution >= 4 is 5.78 Å². The topological polar surface area (TPSA) is 26.3 Å². The van der Waals surface area contributed by atoms with E-state index in [2.05, 4.69) is 19.1 Å². The normalized spacial score (nSPS) is 27.2. The number of hydrogen-bond donors (Lipinski definition) is 0. The fourth-order valence-corrected chi connectivity index (χ4v) is 3.45. The van der Waals surface area contributed by atoms with Gasteiger partial charge in [0.1, 0.15) is 5.78 Å². The van der Waals surface area contributed by atoms with Crippen molar-refractivity contribution < 1.29 is 9.53 Å². The smallest absolute Gasteiger partial charge is 0.144 e. The molecular formula is C16H20O2. The zero-order chi connectivity index (χ0) is 12.6. The van der Waals surface area contributed by atoms with Gasteiger partial charge >= 0.3 is 0 Å². The molecule has 2 aliphatic carbocycles. The third-order valence-electron chi connectivity index (χ3n) is 4.68. The number of hydrogen-bond acceptors (Lipinski definition) is 2. The van der Waals surface area contributed by atoms with E-state index in [0.29, 0.717) is 12.2 Å². The van der Waals surface area contributed by atoms with E-state index in [1.54, 1.807) is 0 Å². The first-order chi connectivity index (χ1) is 8.72. The van der Waals surface area contributed by atoms with Crippen LogP contribution in [-0.2, 0) is 9.53 Å². The van der Waals surface area contributed by atoms with Crippen molar-refractivity contribution in [1.82, 2.24) is 0 Å². The number of ether oxygens (including phenoxy) is 1. The molecule has 2 nitrogen and oxygen atoms in total. The van der Waals surface area contributed by atoms with Crippen molar-refractivity contribution in [2.24, 2.45) is 5.41 Å². The maximum Gasteiger partial charge on any atom is 0.144 e. The molecule has 0 saturated heterocycles. The molecule has 0 radical (unpaired) electrons. The van der Waals surface area contributed by atoms with Crippen LogP contribution >= 0.6 is 0 Å². The van der Waals surface area contributed by atoms with Gasteiger partial charge in [-0.1, -0.05) is 43.2 Å². The van der Waals surface area contributed by atoms with E-state index in [-0.39, 0.29) is 17.6 Å². The van der Waals surface area contributed by atoms with Crippen molar-refractivity contribution in [2.45, 2.75) is 51.2 Å². The number of benzene rings is 1. The molecule has 1 aromatic carbocycles. The molecule has 0 aliphatic heterocycles. The zero-order valence-corrected chi connectivity index (χ0v) is 10.9. The Bertz CT molecular complexity index is 432. The van der Waals surface area contributed by atoms with Gasteiger partial charge in [-0.25, -0.2) is 0 Å². The van der Waals surface area contributed by atoms with E-state index in [0.717, 1.165) is 12.8 Å². The summed E-state index contributed by atoms with van der Waals surface area (Å²) in [5.74, 6) is 0.435. The van der Waals surface area contributed by atoms with E-state index in [9.17, 15) is 4.79 Å². The minimum absolute atomic E-state index is 0.0850. The molecule has 2 atom stereocenters. The lowest BCUT2D eigenvalue weighted by atomic mass is 9.63. The average molecular weight is 244 g/mol. The standard InChI is InChI=1S/C16H20O2/c1-12(13-7-3-2-4-8-13)18-15-11-14(17)16(15)9-5-6-10-16/h2-4,7-8,12,15H,5-6,9-11H2,1H3. The van der Waals surface area contributed by atoms with Crippen molar-refractivity contribution in [3.8, 4) is 0 Å². The largest absolute Gasteiger partial charge is 0.369 e. The number of ketones is 1. The SMILES string of the molecule is CC(OC1CC(=O)C12CCCC2)c1ccccc1. The Kier molecular flexibility index (Phi) is 2.98. The molecule has 2 aliphatic rings. The van der Waals surface area contributed by atoms with Gasteiger partial charge in [0.2, 0.25) is 0 Å². The highest BCUT2D eigenvalue weighted by Crippen LogP contribution is 2.52. The van der Waals surface area contributed by atoms with Gasteiger partial charge in [-0.15, -0.1) is 0 Å². The highest BCUT2D eigenvalue weighted by molar-refractivity contribution is 5.92. The minimum atomic E-state index is -0.108. The maximum absolute atomic E-state index is 11.9. The van der Waals surface area contributed by atoms with Crippen molar-refractivity contribution in [3.63, 3.8) is 0 Å². The molecule has 0 bridgehead atoms. The van der Waals surface area contributed by atoms with Crippen LogP contribution in [0.1, 0.15) is 50.7 Å². The molecule has 2 saturated carbocycles. The summed E-state index contributed by atoms with van der Waals surface area (Å²) in [7, 11) is 0. The monoisotopic (exact) mass is 244 g/mol. The van der Waals surface area contributed by atoms with Crippen LogP contribution < -0.4 is 0 Å². The van der Waals surface area contributed by atoms with Crippen LogP contribution in [0.2, 0.25) is 0 Å². The lowest BCUT2D eigenvalue weighted by molar-refractivity contribution is -0.170. The van der Waals surface area contributed by atoms with Crippen LogP contribution in [-0.4, -0.2) is 11.9 Å². The Morgan fingerprint density at radius 1 is 1.22 bits per heavy atom. The second-order valence-electron chi connectivity index (χ2n) is 5.67. The molecule has 2 unspecified atom stereocenters. The quantitative estimate of drug-likeness (QED) is 0.811. The van der Waals surface area contributed by atoms with Gasteiger partial charge in [0.05, 0.1) is 17.6 Å². The van der Waals surface area contributed by atoms with Gasteiger partial charge in [-0.3, -0.25) is 4.79 Å². The number of carbonyl (C=O) groups is 1. The molecule has 1 spiro atoms. The Labute approximate surface area is 108 Å². The number of Topliss-reactive ketones (excluding diaryl/α,β-unsaturated/α-hetero) is 1. The average Bonchev–Trinajstić information content (AvgIpc) is 2.92. The van der Waals surface area contributed by atoms with Crippen LogP contribution in [0.3, 0.4) is 0 Å². The van der Waals surface area contributed by atoms with E-state index >= 15 is 0 Å². The number of carbonyl (C=O) groups excluding carboxylic acids is 1. The fraction of sp³-hybridized carbons (Fsp3) is 0.562. The molecule has 18 heavy (non-hydrogen) atoms. The third-order valence-corrected chi connectivity index (χ3v) is 4.68. The molecule has 0 aromatic heterocycles. The van der Waals surface area contributed by atoms with Crippen LogP contribution in [0.4, 0.5) is 0 Å². The van der Waals surface area contributed by atoms with Crippen LogP contribution in [0.15, 0.2) is 30.3 Å². The summed E-state index contributed by atoms with van der Waals surface area (Å²) in [6.45, 7) is 2.08. The summed E-state index contributed by atoms with van der Waals surface area (Å²) in [5, 5.41) is 0. The van der Waals surface area contributed by atoms with Crippen molar-refractivity contribution in [1.29, 1.82) is 0 Å². The predicted molar refractivity (Wildman–Crippen MR) is 70.3 cm³/mol. The molecule has 0 N–H and O–H groups in total. The van der Waals surface area contributed by atoms with Crippen molar-refractivity contribution in [2.75, 3.05) is 0 Å². The zero-order valence-electron chi connectivity index (χ0n) is 10.9. The Balaban J connectivity index is 1.69. The Morgan fingerprint density at radius 3 is 2.50 bits per heavy atom. The van der Waals surface area contributed by atoms with E-state index in [1.807, 2.05) is 18.2 Å². The van der Waals surface area contributed by atoms with Gasteiger partial charge in [-0.2, -0.15) is 0 Å². The van der Waals surface area contributed by atoms with E-state index < -0.39 is 0 Å². The van der Waals surface area contributed by atoms with Crippen molar-refractivity contribution in [3.05, 3.63) is 35.9 Å². The lowest BCUT2D eigenvalue weighted by Gasteiger charge is -2.46. The summed E-state index contributed by atoms with van der Waals surface area (Å²) < 4.78 is 6.16. The molecule has 2 fully saturated rings. The first-order valence-corrected chi connectivity index (χ1v) is 6.96. The molecular weight excluding hydrogens is 224 g/mol. The van der Waals surface area contributed by atoms with Gasteiger partial charge in [0.25, 0.3) is 0 Å². The van der Waals surface area contributed by atoms with Gasteiger partial charge in [-0.05, 0) is 25.3 Å². The third kappa shape index (κ3) is 1.79. The molecule has 96 valence electrons. The number of rotatable bonds is 3. The van der Waals surface area contributed by atoms with Gasteiger partial charge in [0.15, 0.2) is 0 Å². The summed E-state index contributed by atoms with van der Waals surface area (Å²) in [4.78, 5) is 11.9. The maximum atomic E-state index is 11.9. The minimum Gasteiger partial charge on any atom is -0.369 e. The predicted octanol–water partition coefficient (Wildman–Crippen LogP) is 3.67.